The van der Waals surface area contributed by atoms with Crippen LogP contribution in [0.5, 0.6) is 5.75 Å². The van der Waals surface area contributed by atoms with E-state index in [4.69, 9.17) is 21.1 Å². The molecule has 0 saturated heterocycles. The lowest BCUT2D eigenvalue weighted by Crippen LogP contribution is -2.14. The lowest BCUT2D eigenvalue weighted by molar-refractivity contribution is -0.145. The highest BCUT2D eigenvalue weighted by Crippen LogP contribution is 2.25. The van der Waals surface area contributed by atoms with Gasteiger partial charge in [0, 0.05) is 5.33 Å². The molecular formula is C12H14BrClO3. The van der Waals surface area contributed by atoms with Crippen LogP contribution in [0.25, 0.3) is 0 Å². The average Bonchev–Trinajstić information content (AvgIpc) is 2.29. The topological polar surface area (TPSA) is 35.5 Å². The number of carbonyl (C=O) groups is 1. The van der Waals surface area contributed by atoms with E-state index in [9.17, 15) is 4.79 Å². The van der Waals surface area contributed by atoms with E-state index in [1.807, 2.05) is 12.1 Å². The maximum Gasteiger partial charge on any atom is 0.344 e. The van der Waals surface area contributed by atoms with Crippen LogP contribution in [-0.4, -0.2) is 24.5 Å². The summed E-state index contributed by atoms with van der Waals surface area (Å²) in [6.07, 6.45) is 0.901. The van der Waals surface area contributed by atoms with E-state index in [1.54, 1.807) is 13.0 Å². The first-order valence-corrected chi connectivity index (χ1v) is 6.80. The Morgan fingerprint density at radius 2 is 2.24 bits per heavy atom. The molecule has 0 fully saturated rings. The first-order valence-electron chi connectivity index (χ1n) is 5.30. The van der Waals surface area contributed by atoms with Gasteiger partial charge in [0.15, 0.2) is 6.61 Å². The maximum absolute atomic E-state index is 11.1. The number of halogens is 2. The number of carbonyl (C=O) groups excluding carboxylic acids is 1. The predicted molar refractivity (Wildman–Crippen MR) is 71.1 cm³/mol. The van der Waals surface area contributed by atoms with Crippen LogP contribution in [0.1, 0.15) is 12.5 Å². The first-order chi connectivity index (χ1) is 8.17. The third-order valence-corrected chi connectivity index (χ3v) is 2.72. The molecule has 0 unspecified atom stereocenters. The first kappa shape index (κ1) is 14.3. The number of rotatable bonds is 6. The van der Waals surface area contributed by atoms with E-state index in [0.717, 1.165) is 17.3 Å². The molecule has 0 radical (unpaired) electrons. The van der Waals surface area contributed by atoms with Gasteiger partial charge in [-0.25, -0.2) is 4.79 Å². The molecule has 0 atom stereocenters. The predicted octanol–water partition coefficient (Wildman–Crippen LogP) is 3.22. The minimum Gasteiger partial charge on any atom is -0.480 e. The third kappa shape index (κ3) is 4.96. The highest BCUT2D eigenvalue weighted by atomic mass is 79.9. The minimum atomic E-state index is -0.395. The van der Waals surface area contributed by atoms with Gasteiger partial charge < -0.3 is 9.47 Å². The summed E-state index contributed by atoms with van der Waals surface area (Å²) in [5, 5.41) is 1.39. The molecule has 0 aromatic heterocycles. The van der Waals surface area contributed by atoms with E-state index >= 15 is 0 Å². The van der Waals surface area contributed by atoms with Crippen LogP contribution in [0, 0.1) is 0 Å². The highest BCUT2D eigenvalue weighted by molar-refractivity contribution is 9.09. The van der Waals surface area contributed by atoms with Gasteiger partial charge >= 0.3 is 5.97 Å². The minimum absolute atomic E-state index is 0.120. The summed E-state index contributed by atoms with van der Waals surface area (Å²) < 4.78 is 10.0. The second kappa shape index (κ2) is 7.56. The summed E-state index contributed by atoms with van der Waals surface area (Å²) in [6.45, 7) is 1.98. The monoisotopic (exact) mass is 320 g/mol. The number of benzene rings is 1. The second-order valence-electron chi connectivity index (χ2n) is 3.30. The molecule has 0 N–H and O–H groups in total. The number of hydrogen-bond donors (Lipinski definition) is 0. The van der Waals surface area contributed by atoms with Crippen molar-refractivity contribution in [3.8, 4) is 5.75 Å². The third-order valence-electron chi connectivity index (χ3n) is 2.03. The van der Waals surface area contributed by atoms with Gasteiger partial charge in [-0.2, -0.15) is 0 Å². The number of alkyl halides is 1. The molecule has 94 valence electrons. The van der Waals surface area contributed by atoms with Crippen LogP contribution in [0.2, 0.25) is 5.02 Å². The fourth-order valence-electron chi connectivity index (χ4n) is 1.27. The van der Waals surface area contributed by atoms with Crippen LogP contribution in [0.15, 0.2) is 18.2 Å². The quantitative estimate of drug-likeness (QED) is 0.596. The Kier molecular flexibility index (Phi) is 6.37. The normalized spacial score (nSPS) is 10.1. The fourth-order valence-corrected chi connectivity index (χ4v) is 1.98. The van der Waals surface area contributed by atoms with Crippen molar-refractivity contribution in [1.82, 2.24) is 0 Å². The average molecular weight is 322 g/mol. The molecule has 3 nitrogen and oxygen atoms in total. The van der Waals surface area contributed by atoms with Gasteiger partial charge in [-0.15, -0.1) is 0 Å². The SMILES string of the molecule is CCOC(=O)COc1ccc(CCBr)cc1Cl. The fraction of sp³-hybridized carbons (Fsp3) is 0.417. The number of ether oxygens (including phenoxy) is 2. The molecule has 0 spiro atoms. The van der Waals surface area contributed by atoms with Crippen LogP contribution in [0.3, 0.4) is 0 Å². The summed E-state index contributed by atoms with van der Waals surface area (Å²) in [5.41, 5.74) is 1.12. The Morgan fingerprint density at radius 1 is 1.47 bits per heavy atom. The molecule has 0 aliphatic carbocycles. The molecule has 0 aliphatic heterocycles. The Bertz CT molecular complexity index is 382. The van der Waals surface area contributed by atoms with Crippen molar-refractivity contribution >= 4 is 33.5 Å². The molecule has 1 aromatic carbocycles. The van der Waals surface area contributed by atoms with Gasteiger partial charge in [0.05, 0.1) is 11.6 Å². The summed E-state index contributed by atoms with van der Waals surface area (Å²) in [4.78, 5) is 11.1. The van der Waals surface area contributed by atoms with Crippen LogP contribution >= 0.6 is 27.5 Å². The van der Waals surface area contributed by atoms with E-state index in [1.165, 1.54) is 0 Å². The van der Waals surface area contributed by atoms with Crippen LogP contribution in [0.4, 0.5) is 0 Å². The molecule has 0 saturated carbocycles. The zero-order valence-electron chi connectivity index (χ0n) is 9.54. The molecular weight excluding hydrogens is 307 g/mol. The zero-order chi connectivity index (χ0) is 12.7. The largest absolute Gasteiger partial charge is 0.480 e. The summed E-state index contributed by atoms with van der Waals surface area (Å²) in [7, 11) is 0. The second-order valence-corrected chi connectivity index (χ2v) is 4.50. The lowest BCUT2D eigenvalue weighted by Gasteiger charge is -2.08. The molecule has 17 heavy (non-hydrogen) atoms. The van der Waals surface area contributed by atoms with Crippen molar-refractivity contribution in [2.75, 3.05) is 18.5 Å². The Hall–Kier alpha value is -0.740. The van der Waals surface area contributed by atoms with Crippen LogP contribution in [-0.2, 0) is 16.0 Å². The van der Waals surface area contributed by atoms with E-state index in [-0.39, 0.29) is 6.61 Å². The van der Waals surface area contributed by atoms with Gasteiger partial charge in [0.25, 0.3) is 0 Å². The molecule has 0 heterocycles. The number of hydrogen-bond acceptors (Lipinski definition) is 3. The van der Waals surface area contributed by atoms with Crippen molar-refractivity contribution in [3.63, 3.8) is 0 Å². The van der Waals surface area contributed by atoms with Crippen molar-refractivity contribution < 1.29 is 14.3 Å². The highest BCUT2D eigenvalue weighted by Gasteiger charge is 2.07. The lowest BCUT2D eigenvalue weighted by atomic mass is 10.2. The molecule has 0 bridgehead atoms. The standard InChI is InChI=1S/C12H14BrClO3/c1-2-16-12(15)8-17-11-4-3-9(5-6-13)7-10(11)14/h3-4,7H,2,5-6,8H2,1H3. The van der Waals surface area contributed by atoms with Gasteiger partial charge in [-0.3, -0.25) is 0 Å². The Balaban J connectivity index is 2.57. The maximum atomic E-state index is 11.1. The van der Waals surface area contributed by atoms with Gasteiger partial charge in [0.2, 0.25) is 0 Å². The Morgan fingerprint density at radius 3 is 2.82 bits per heavy atom. The van der Waals surface area contributed by atoms with Crippen molar-refractivity contribution in [1.29, 1.82) is 0 Å². The summed E-state index contributed by atoms with van der Waals surface area (Å²) >= 11 is 9.39. The number of aryl methyl sites for hydroxylation is 1. The number of esters is 1. The van der Waals surface area contributed by atoms with Gasteiger partial charge in [0.1, 0.15) is 5.75 Å². The molecule has 0 amide bonds. The van der Waals surface area contributed by atoms with Crippen molar-refractivity contribution in [2.45, 2.75) is 13.3 Å². The van der Waals surface area contributed by atoms with Gasteiger partial charge in [-0.05, 0) is 31.0 Å². The zero-order valence-corrected chi connectivity index (χ0v) is 11.9. The molecule has 0 aliphatic rings. The van der Waals surface area contributed by atoms with Crippen molar-refractivity contribution in [2.24, 2.45) is 0 Å². The van der Waals surface area contributed by atoms with Crippen molar-refractivity contribution in [3.05, 3.63) is 28.8 Å². The van der Waals surface area contributed by atoms with E-state index < -0.39 is 5.97 Å². The van der Waals surface area contributed by atoms with Crippen LogP contribution < -0.4 is 4.74 Å². The Labute approximate surface area is 114 Å². The van der Waals surface area contributed by atoms with E-state index in [0.29, 0.717) is 17.4 Å². The summed E-state index contributed by atoms with van der Waals surface area (Å²) in [6, 6.07) is 5.52. The molecule has 5 heteroatoms. The van der Waals surface area contributed by atoms with E-state index in [2.05, 4.69) is 15.9 Å². The smallest absolute Gasteiger partial charge is 0.344 e. The molecule has 1 rings (SSSR count). The molecule has 1 aromatic rings. The summed E-state index contributed by atoms with van der Waals surface area (Å²) in [5.74, 6) is 0.103. The van der Waals surface area contributed by atoms with Gasteiger partial charge in [-0.1, -0.05) is 33.6 Å².